The van der Waals surface area contributed by atoms with Crippen LogP contribution in [0.4, 0.5) is 17.2 Å². The van der Waals surface area contributed by atoms with Crippen molar-refractivity contribution in [3.63, 3.8) is 0 Å². The predicted octanol–water partition coefficient (Wildman–Crippen LogP) is 0.871. The monoisotopic (exact) mass is 330 g/mol. The maximum atomic E-state index is 11.5. The minimum absolute atomic E-state index is 0.221. The molecule has 0 atom stereocenters. The van der Waals surface area contributed by atoms with Crippen LogP contribution in [0.3, 0.4) is 0 Å². The Bertz CT molecular complexity index is 748. The van der Waals surface area contributed by atoms with Crippen LogP contribution in [0.1, 0.15) is 10.4 Å². The van der Waals surface area contributed by atoms with Gasteiger partial charge in [-0.05, 0) is 12.3 Å². The van der Waals surface area contributed by atoms with Gasteiger partial charge in [0.2, 0.25) is 0 Å². The molecule has 0 aliphatic heterocycles. The van der Waals surface area contributed by atoms with E-state index in [0.29, 0.717) is 11.0 Å². The largest absolute Gasteiger partial charge is 0.365 e. The predicted molar refractivity (Wildman–Crippen MR) is 90.9 cm³/mol. The fourth-order valence-corrected chi connectivity index (χ4v) is 2.09. The number of hydrogen-bond acceptors (Lipinski definition) is 7. The van der Waals surface area contributed by atoms with Gasteiger partial charge in [-0.15, -0.1) is 0 Å². The lowest BCUT2D eigenvalue weighted by atomic mass is 10.2. The molecule has 2 rings (SSSR count). The number of primary amides is 1. The van der Waals surface area contributed by atoms with E-state index in [0.717, 1.165) is 17.6 Å². The number of anilines is 2. The third kappa shape index (κ3) is 4.59. The zero-order chi connectivity index (χ0) is 16.7. The number of amides is 1. The first kappa shape index (κ1) is 16.6. The van der Waals surface area contributed by atoms with Gasteiger partial charge in [0.25, 0.3) is 5.91 Å². The zero-order valence-electron chi connectivity index (χ0n) is 12.4. The van der Waals surface area contributed by atoms with E-state index in [1.165, 1.54) is 24.2 Å². The van der Waals surface area contributed by atoms with Crippen molar-refractivity contribution in [1.82, 2.24) is 9.97 Å². The van der Waals surface area contributed by atoms with E-state index in [1.54, 1.807) is 5.43 Å². The molecule has 0 unspecified atom stereocenters. The number of thioether (sulfide) groups is 1. The summed E-state index contributed by atoms with van der Waals surface area (Å²) in [7, 11) is 0. The molecule has 0 fully saturated rings. The SMILES string of the molecule is CSc1ncc(C(N)=O)c(Nc2cccc([NH2+]/N=C\C=N)c2)n1. The second kappa shape index (κ2) is 8.01. The molecular weight excluding hydrogens is 314 g/mol. The van der Waals surface area contributed by atoms with Gasteiger partial charge in [-0.1, -0.05) is 22.9 Å². The fourth-order valence-electron chi connectivity index (χ4n) is 1.75. The first-order valence-corrected chi connectivity index (χ1v) is 7.80. The molecule has 0 radical (unpaired) electrons. The highest BCUT2D eigenvalue weighted by Gasteiger charge is 2.12. The van der Waals surface area contributed by atoms with E-state index >= 15 is 0 Å². The molecule has 0 saturated heterocycles. The number of nitrogens with zero attached hydrogens (tertiary/aromatic N) is 3. The molecule has 2 aromatic rings. The van der Waals surface area contributed by atoms with E-state index in [9.17, 15) is 4.79 Å². The third-order valence-corrected chi connectivity index (χ3v) is 3.31. The summed E-state index contributed by atoms with van der Waals surface area (Å²) in [5.41, 5.74) is 8.78. The van der Waals surface area contributed by atoms with Gasteiger partial charge in [0.15, 0.2) is 10.8 Å². The summed E-state index contributed by atoms with van der Waals surface area (Å²) < 4.78 is 0. The Kier molecular flexibility index (Phi) is 5.78. The lowest BCUT2D eigenvalue weighted by molar-refractivity contribution is -0.576. The Hall–Kier alpha value is -2.78. The number of quaternary nitrogens is 1. The van der Waals surface area contributed by atoms with Gasteiger partial charge < -0.3 is 16.5 Å². The van der Waals surface area contributed by atoms with E-state index in [-0.39, 0.29) is 5.56 Å². The topological polar surface area (TPSA) is 134 Å². The van der Waals surface area contributed by atoms with Gasteiger partial charge in [-0.25, -0.2) is 9.97 Å². The van der Waals surface area contributed by atoms with Crippen molar-refractivity contribution in [2.24, 2.45) is 10.8 Å². The van der Waals surface area contributed by atoms with Crippen LogP contribution >= 0.6 is 11.8 Å². The van der Waals surface area contributed by atoms with E-state index in [4.69, 9.17) is 11.1 Å². The molecule has 8 nitrogen and oxygen atoms in total. The molecular formula is C14H16N7OS+. The van der Waals surface area contributed by atoms with Crippen molar-refractivity contribution in [3.05, 3.63) is 36.0 Å². The molecule has 0 bridgehead atoms. The number of hydrogen-bond donors (Lipinski definition) is 4. The van der Waals surface area contributed by atoms with Crippen molar-refractivity contribution in [2.45, 2.75) is 5.16 Å². The second-order valence-electron chi connectivity index (χ2n) is 4.33. The van der Waals surface area contributed by atoms with Crippen LogP contribution in [-0.2, 0) is 0 Å². The summed E-state index contributed by atoms with van der Waals surface area (Å²) in [6.45, 7) is 0. The van der Waals surface area contributed by atoms with Crippen LogP contribution < -0.4 is 16.5 Å². The summed E-state index contributed by atoms with van der Waals surface area (Å²) in [6.07, 6.45) is 5.73. The van der Waals surface area contributed by atoms with Crippen LogP contribution in [-0.4, -0.2) is 34.6 Å². The molecule has 23 heavy (non-hydrogen) atoms. The number of benzene rings is 1. The summed E-state index contributed by atoms with van der Waals surface area (Å²) in [5, 5.41) is 14.5. The summed E-state index contributed by atoms with van der Waals surface area (Å²) in [4.78, 5) is 19.8. The van der Waals surface area contributed by atoms with Gasteiger partial charge in [0.1, 0.15) is 17.6 Å². The highest BCUT2D eigenvalue weighted by Crippen LogP contribution is 2.21. The van der Waals surface area contributed by atoms with Crippen molar-refractivity contribution >= 4 is 47.3 Å². The molecule has 6 N–H and O–H groups in total. The van der Waals surface area contributed by atoms with Crippen LogP contribution in [0.15, 0.2) is 40.7 Å². The molecule has 1 aromatic carbocycles. The third-order valence-electron chi connectivity index (χ3n) is 2.75. The van der Waals surface area contributed by atoms with Crippen LogP contribution in [0, 0.1) is 5.41 Å². The number of aromatic nitrogens is 2. The number of rotatable bonds is 7. The Morgan fingerprint density at radius 2 is 2.35 bits per heavy atom. The number of carbonyl (C=O) groups is 1. The highest BCUT2D eigenvalue weighted by atomic mass is 32.2. The zero-order valence-corrected chi connectivity index (χ0v) is 13.2. The first-order chi connectivity index (χ1) is 11.1. The van der Waals surface area contributed by atoms with E-state index in [1.807, 2.05) is 30.5 Å². The molecule has 0 spiro atoms. The van der Waals surface area contributed by atoms with Crippen molar-refractivity contribution in [3.8, 4) is 0 Å². The lowest BCUT2D eigenvalue weighted by Crippen LogP contribution is -2.71. The standard InChI is InChI=1S/C14H15N7OS/c1-23-14-17-8-11(12(16)22)13(20-14)19-9-3-2-4-10(7-9)21-18-6-5-15/h2-8,15,21H,1H3,(H2,16,22)(H,17,19,20)/p+1/b15-5?,18-6-. The van der Waals surface area contributed by atoms with Crippen LogP contribution in [0.2, 0.25) is 0 Å². The maximum Gasteiger partial charge on any atom is 0.254 e. The molecule has 1 heterocycles. The van der Waals surface area contributed by atoms with Gasteiger partial charge in [-0.3, -0.25) is 4.79 Å². The molecule has 118 valence electrons. The summed E-state index contributed by atoms with van der Waals surface area (Å²) in [5.74, 6) is -0.240. The number of carbonyl (C=O) groups excluding carboxylic acids is 1. The molecule has 0 aliphatic carbocycles. The minimum atomic E-state index is -0.599. The molecule has 1 aromatic heterocycles. The van der Waals surface area contributed by atoms with E-state index < -0.39 is 5.91 Å². The van der Waals surface area contributed by atoms with Crippen molar-refractivity contribution in [2.75, 3.05) is 11.6 Å². The van der Waals surface area contributed by atoms with Gasteiger partial charge in [-0.2, -0.15) is 5.43 Å². The Morgan fingerprint density at radius 3 is 3.04 bits per heavy atom. The normalized spacial score (nSPS) is 10.7. The Balaban J connectivity index is 2.27. The average Bonchev–Trinajstić information content (AvgIpc) is 2.55. The van der Waals surface area contributed by atoms with Crippen molar-refractivity contribution in [1.29, 1.82) is 5.41 Å². The smallest absolute Gasteiger partial charge is 0.254 e. The van der Waals surface area contributed by atoms with Gasteiger partial charge >= 0.3 is 0 Å². The second-order valence-corrected chi connectivity index (χ2v) is 5.10. The number of nitrogens with one attached hydrogen (secondary N) is 2. The van der Waals surface area contributed by atoms with Crippen molar-refractivity contribution < 1.29 is 10.2 Å². The summed E-state index contributed by atoms with van der Waals surface area (Å²) >= 11 is 1.37. The van der Waals surface area contributed by atoms with Crippen LogP contribution in [0.5, 0.6) is 0 Å². The van der Waals surface area contributed by atoms with Gasteiger partial charge in [0.05, 0.1) is 0 Å². The fraction of sp³-hybridized carbons (Fsp3) is 0.0714. The highest BCUT2D eigenvalue weighted by molar-refractivity contribution is 7.98. The molecule has 1 amide bonds. The molecule has 9 heteroatoms. The lowest BCUT2D eigenvalue weighted by Gasteiger charge is -2.10. The first-order valence-electron chi connectivity index (χ1n) is 6.57. The Labute approximate surface area is 137 Å². The molecule has 0 aliphatic rings. The Morgan fingerprint density at radius 1 is 1.52 bits per heavy atom. The quantitative estimate of drug-likeness (QED) is 0.149. The van der Waals surface area contributed by atoms with E-state index in [2.05, 4.69) is 20.4 Å². The molecule has 0 saturated carbocycles. The minimum Gasteiger partial charge on any atom is -0.365 e. The van der Waals surface area contributed by atoms with Crippen LogP contribution in [0.25, 0.3) is 0 Å². The van der Waals surface area contributed by atoms with Gasteiger partial charge in [0, 0.05) is 30.2 Å². The maximum absolute atomic E-state index is 11.5. The number of nitrogens with two attached hydrogens (primary N) is 2. The summed E-state index contributed by atoms with van der Waals surface area (Å²) in [6, 6.07) is 7.39. The average molecular weight is 330 g/mol.